The number of H-pyrrole nitrogens is 2. The molecule has 1 fully saturated rings. The van der Waals surface area contributed by atoms with Gasteiger partial charge in [-0.3, -0.25) is 9.78 Å². The Morgan fingerprint density at radius 3 is 2.71 bits per heavy atom. The minimum Gasteiger partial charge on any atom is -0.337 e. The number of hydrogen-bond donors (Lipinski definition) is 2. The normalized spacial score (nSPS) is 15.4. The summed E-state index contributed by atoms with van der Waals surface area (Å²) in [5, 5.41) is 1.03. The zero-order valence-electron chi connectivity index (χ0n) is 15.2. The van der Waals surface area contributed by atoms with Crippen molar-refractivity contribution in [2.75, 3.05) is 13.1 Å². The molecule has 7 nitrogen and oxygen atoms in total. The van der Waals surface area contributed by atoms with E-state index in [9.17, 15) is 9.59 Å². The molecule has 1 aliphatic heterocycles. The number of imidazole rings is 1. The molecule has 28 heavy (non-hydrogen) atoms. The van der Waals surface area contributed by atoms with Gasteiger partial charge in [-0.1, -0.05) is 24.3 Å². The second kappa shape index (κ2) is 6.60. The van der Waals surface area contributed by atoms with Gasteiger partial charge in [0.05, 0.1) is 11.0 Å². The first kappa shape index (κ1) is 16.7. The van der Waals surface area contributed by atoms with E-state index in [1.165, 1.54) is 0 Å². The van der Waals surface area contributed by atoms with Gasteiger partial charge in [-0.05, 0) is 42.5 Å². The molecule has 1 aliphatic rings. The SMILES string of the molecule is O=C(c1ccc2ccccc2n1)N1CCC(c2ccnc3[nH]c(=O)[nH]c23)CC1. The summed E-state index contributed by atoms with van der Waals surface area (Å²) in [4.78, 5) is 40.7. The van der Waals surface area contributed by atoms with Gasteiger partial charge in [0.2, 0.25) is 0 Å². The Labute approximate surface area is 160 Å². The van der Waals surface area contributed by atoms with Crippen molar-refractivity contribution < 1.29 is 4.79 Å². The Balaban J connectivity index is 1.34. The summed E-state index contributed by atoms with van der Waals surface area (Å²) in [6.07, 6.45) is 3.40. The lowest BCUT2D eigenvalue weighted by Crippen LogP contribution is -2.38. The van der Waals surface area contributed by atoms with Gasteiger partial charge >= 0.3 is 5.69 Å². The molecule has 0 radical (unpaired) electrons. The van der Waals surface area contributed by atoms with E-state index in [0.717, 1.165) is 34.8 Å². The van der Waals surface area contributed by atoms with Crippen LogP contribution in [0.1, 0.15) is 34.8 Å². The lowest BCUT2D eigenvalue weighted by atomic mass is 9.89. The Morgan fingerprint density at radius 1 is 1.04 bits per heavy atom. The molecule has 0 spiro atoms. The van der Waals surface area contributed by atoms with Gasteiger partial charge in [-0.25, -0.2) is 14.8 Å². The highest BCUT2D eigenvalue weighted by molar-refractivity contribution is 5.95. The van der Waals surface area contributed by atoms with Crippen LogP contribution in [0, 0.1) is 0 Å². The van der Waals surface area contributed by atoms with Crippen LogP contribution in [-0.4, -0.2) is 43.8 Å². The molecule has 1 amide bonds. The number of nitrogens with one attached hydrogen (secondary N) is 2. The molecular formula is C21H19N5O2. The van der Waals surface area contributed by atoms with Crippen molar-refractivity contribution in [1.82, 2.24) is 24.8 Å². The van der Waals surface area contributed by atoms with Crippen LogP contribution in [0.15, 0.2) is 53.5 Å². The quantitative estimate of drug-likeness (QED) is 0.565. The topological polar surface area (TPSA) is 94.7 Å². The van der Waals surface area contributed by atoms with Crippen molar-refractivity contribution >= 4 is 28.0 Å². The predicted octanol–water partition coefficient (Wildman–Crippen LogP) is 2.82. The zero-order valence-corrected chi connectivity index (χ0v) is 15.2. The second-order valence-corrected chi connectivity index (χ2v) is 7.16. The molecule has 0 atom stereocenters. The average molecular weight is 373 g/mol. The number of benzene rings is 1. The van der Waals surface area contributed by atoms with Crippen molar-refractivity contribution in [3.05, 3.63) is 70.4 Å². The van der Waals surface area contributed by atoms with Crippen LogP contribution in [0.3, 0.4) is 0 Å². The highest BCUT2D eigenvalue weighted by Crippen LogP contribution is 2.31. The zero-order chi connectivity index (χ0) is 19.1. The smallest absolute Gasteiger partial charge is 0.325 e. The van der Waals surface area contributed by atoms with E-state index in [2.05, 4.69) is 19.9 Å². The summed E-state index contributed by atoms with van der Waals surface area (Å²) < 4.78 is 0. The number of amides is 1. The third-order valence-electron chi connectivity index (χ3n) is 5.49. The molecule has 4 heterocycles. The van der Waals surface area contributed by atoms with E-state index in [4.69, 9.17) is 0 Å². The lowest BCUT2D eigenvalue weighted by Gasteiger charge is -2.32. The average Bonchev–Trinajstić information content (AvgIpc) is 3.13. The van der Waals surface area contributed by atoms with E-state index in [0.29, 0.717) is 24.4 Å². The molecule has 1 aromatic carbocycles. The van der Waals surface area contributed by atoms with Gasteiger partial charge in [0.25, 0.3) is 5.91 Å². The molecule has 0 aliphatic carbocycles. The van der Waals surface area contributed by atoms with E-state index < -0.39 is 0 Å². The number of aromatic amines is 2. The lowest BCUT2D eigenvalue weighted by molar-refractivity contribution is 0.0707. The van der Waals surface area contributed by atoms with Gasteiger partial charge in [0.15, 0.2) is 5.65 Å². The molecule has 5 rings (SSSR count). The van der Waals surface area contributed by atoms with Crippen molar-refractivity contribution in [2.45, 2.75) is 18.8 Å². The summed E-state index contributed by atoms with van der Waals surface area (Å²) in [5.74, 6) is 0.254. The molecule has 7 heteroatoms. The third kappa shape index (κ3) is 2.85. The maximum absolute atomic E-state index is 12.9. The maximum Gasteiger partial charge on any atom is 0.325 e. The molecule has 0 bridgehead atoms. The van der Waals surface area contributed by atoms with Crippen LogP contribution in [-0.2, 0) is 0 Å². The number of nitrogens with zero attached hydrogens (tertiary/aromatic N) is 3. The monoisotopic (exact) mass is 373 g/mol. The van der Waals surface area contributed by atoms with Crippen LogP contribution in [0.4, 0.5) is 0 Å². The first-order valence-electron chi connectivity index (χ1n) is 9.41. The molecular weight excluding hydrogens is 354 g/mol. The first-order chi connectivity index (χ1) is 13.7. The van der Waals surface area contributed by atoms with E-state index in [1.54, 1.807) is 12.3 Å². The van der Waals surface area contributed by atoms with Gasteiger partial charge < -0.3 is 9.88 Å². The summed E-state index contributed by atoms with van der Waals surface area (Å²) in [6, 6.07) is 13.5. The molecule has 0 unspecified atom stereocenters. The molecule has 1 saturated heterocycles. The van der Waals surface area contributed by atoms with Crippen LogP contribution in [0.5, 0.6) is 0 Å². The Morgan fingerprint density at radius 2 is 1.86 bits per heavy atom. The number of rotatable bonds is 2. The number of piperidine rings is 1. The highest BCUT2D eigenvalue weighted by atomic mass is 16.2. The van der Waals surface area contributed by atoms with Crippen LogP contribution >= 0.6 is 0 Å². The minimum atomic E-state index is -0.245. The van der Waals surface area contributed by atoms with Crippen molar-refractivity contribution in [2.24, 2.45) is 0 Å². The molecule has 0 saturated carbocycles. The summed E-state index contributed by atoms with van der Waals surface area (Å²) in [6.45, 7) is 1.33. The van der Waals surface area contributed by atoms with Crippen molar-refractivity contribution in [3.63, 3.8) is 0 Å². The fourth-order valence-electron chi connectivity index (χ4n) is 4.04. The Hall–Kier alpha value is -3.48. The van der Waals surface area contributed by atoms with Gasteiger partial charge in [-0.2, -0.15) is 0 Å². The number of likely N-dealkylation sites (tertiary alicyclic amines) is 1. The van der Waals surface area contributed by atoms with Crippen LogP contribution in [0.2, 0.25) is 0 Å². The molecule has 140 valence electrons. The molecule has 4 aromatic rings. The van der Waals surface area contributed by atoms with Crippen molar-refractivity contribution in [3.8, 4) is 0 Å². The number of pyridine rings is 2. The van der Waals surface area contributed by atoms with E-state index in [1.807, 2.05) is 41.3 Å². The summed E-state index contributed by atoms with van der Waals surface area (Å²) in [5.41, 5.74) is 3.51. The fraction of sp³-hybridized carbons (Fsp3) is 0.238. The molecule has 2 N–H and O–H groups in total. The summed E-state index contributed by atoms with van der Waals surface area (Å²) in [7, 11) is 0. The van der Waals surface area contributed by atoms with Gasteiger partial charge in [-0.15, -0.1) is 0 Å². The largest absolute Gasteiger partial charge is 0.337 e. The Bertz CT molecular complexity index is 1230. The summed E-state index contributed by atoms with van der Waals surface area (Å²) >= 11 is 0. The first-order valence-corrected chi connectivity index (χ1v) is 9.41. The van der Waals surface area contributed by atoms with Gasteiger partial charge in [0.1, 0.15) is 5.69 Å². The van der Waals surface area contributed by atoms with Crippen LogP contribution in [0.25, 0.3) is 22.1 Å². The fourth-order valence-corrected chi connectivity index (χ4v) is 4.04. The van der Waals surface area contributed by atoms with Gasteiger partial charge in [0, 0.05) is 24.7 Å². The van der Waals surface area contributed by atoms with E-state index in [-0.39, 0.29) is 17.5 Å². The number of aromatic nitrogens is 4. The number of fused-ring (bicyclic) bond motifs is 2. The molecule has 3 aromatic heterocycles. The highest BCUT2D eigenvalue weighted by Gasteiger charge is 2.26. The maximum atomic E-state index is 12.9. The second-order valence-electron chi connectivity index (χ2n) is 7.16. The third-order valence-corrected chi connectivity index (χ3v) is 5.49. The Kier molecular flexibility index (Phi) is 3.93. The number of carbonyl (C=O) groups is 1. The number of hydrogen-bond acceptors (Lipinski definition) is 4. The van der Waals surface area contributed by atoms with Crippen LogP contribution < -0.4 is 5.69 Å². The predicted molar refractivity (Wildman–Crippen MR) is 106 cm³/mol. The van der Waals surface area contributed by atoms with E-state index >= 15 is 0 Å². The standard InChI is InChI=1S/C21H19N5O2/c27-20(17-6-5-14-3-1-2-4-16(14)23-17)26-11-8-13(9-12-26)15-7-10-22-19-18(15)24-21(28)25-19/h1-7,10,13H,8-9,11-12H2,(H2,22,24,25,28). The van der Waals surface area contributed by atoms with Crippen molar-refractivity contribution in [1.29, 1.82) is 0 Å². The minimum absolute atomic E-state index is 0.0286. The number of para-hydroxylation sites is 1. The number of carbonyl (C=O) groups excluding carboxylic acids is 1.